The van der Waals surface area contributed by atoms with Gasteiger partial charge in [0.1, 0.15) is 5.75 Å². The van der Waals surface area contributed by atoms with Gasteiger partial charge in [0, 0.05) is 24.7 Å². The summed E-state index contributed by atoms with van der Waals surface area (Å²) >= 11 is 0. The molecule has 0 bridgehead atoms. The number of aliphatic hydroxyl groups excluding tert-OH is 1. The normalized spacial score (nSPS) is 13.2. The lowest BCUT2D eigenvalue weighted by Gasteiger charge is -2.25. The molecule has 0 fully saturated rings. The number of hydrogen-bond donors (Lipinski definition) is 4. The number of carbonyl (C=O) groups excluding carboxylic acids is 2. The summed E-state index contributed by atoms with van der Waals surface area (Å²) in [5.74, 6) is -0.248. The third-order valence-electron chi connectivity index (χ3n) is 8.11. The van der Waals surface area contributed by atoms with Crippen molar-refractivity contribution in [1.82, 2.24) is 16.0 Å². The molecule has 4 rings (SSSR count). The van der Waals surface area contributed by atoms with Crippen molar-refractivity contribution in [3.05, 3.63) is 131 Å². The molecule has 48 heavy (non-hydrogen) atoms. The van der Waals surface area contributed by atoms with Crippen LogP contribution in [0.5, 0.6) is 5.75 Å². The first-order valence-corrected chi connectivity index (χ1v) is 17.6. The molecule has 0 aliphatic heterocycles. The van der Waals surface area contributed by atoms with E-state index in [1.807, 2.05) is 91.9 Å². The summed E-state index contributed by atoms with van der Waals surface area (Å²) in [6, 6.07) is 29.9. The highest BCUT2D eigenvalue weighted by Crippen LogP contribution is 2.22. The quantitative estimate of drug-likeness (QED) is 0.132. The third kappa shape index (κ3) is 10.4. The summed E-state index contributed by atoms with van der Waals surface area (Å²) in [4.78, 5) is 27.2. The van der Waals surface area contributed by atoms with Crippen molar-refractivity contribution in [3.63, 3.8) is 0 Å². The number of sulfonamides is 1. The SMILES string of the molecule is COc1cccc(CCNC[C@@H](O)[C@H](Cc2ccccc2)NC(=O)c2cc(C(=O)N[C@H](C)c3ccccc3)cc(N(C)S(C)(=O)=O)c2)c1. The standard InChI is InChI=1S/C37H44N4O6S/c1-26(29-15-9-6-10-16-29)39-36(43)30-22-31(24-32(23-30)41(2)48(4,45)46)37(44)40-34(21-27-12-7-5-8-13-27)35(42)25-38-19-18-28-14-11-17-33(20-28)47-3/h5-17,20,22-24,26,34-35,38,42H,18-19,21,25H2,1-4H3,(H,39,43)(H,40,44)/t26-,34+,35-/m1/s1. The summed E-state index contributed by atoms with van der Waals surface area (Å²) in [6.07, 6.45) is 1.14. The number of aliphatic hydroxyl groups is 1. The molecule has 0 heterocycles. The predicted octanol–water partition coefficient (Wildman–Crippen LogP) is 4.12. The number of methoxy groups -OCH3 is 1. The van der Waals surface area contributed by atoms with Gasteiger partial charge in [-0.1, -0.05) is 72.8 Å². The van der Waals surface area contributed by atoms with E-state index in [1.54, 1.807) is 7.11 Å². The van der Waals surface area contributed by atoms with E-state index in [9.17, 15) is 23.1 Å². The minimum atomic E-state index is -3.71. The number of nitrogens with zero attached hydrogens (tertiary/aromatic N) is 1. The zero-order valence-electron chi connectivity index (χ0n) is 27.7. The molecule has 4 aromatic carbocycles. The van der Waals surface area contributed by atoms with E-state index < -0.39 is 34.0 Å². The average molecular weight is 673 g/mol. The van der Waals surface area contributed by atoms with Gasteiger partial charge in [0.05, 0.1) is 37.2 Å². The van der Waals surface area contributed by atoms with Crippen LogP contribution in [0.3, 0.4) is 0 Å². The van der Waals surface area contributed by atoms with Gasteiger partial charge in [0.2, 0.25) is 10.0 Å². The topological polar surface area (TPSA) is 137 Å². The largest absolute Gasteiger partial charge is 0.497 e. The summed E-state index contributed by atoms with van der Waals surface area (Å²) in [5.41, 5.74) is 3.25. The van der Waals surface area contributed by atoms with Gasteiger partial charge in [0.15, 0.2) is 0 Å². The summed E-state index contributed by atoms with van der Waals surface area (Å²) < 4.78 is 31.2. The highest BCUT2D eigenvalue weighted by atomic mass is 32.2. The van der Waals surface area contributed by atoms with E-state index in [1.165, 1.54) is 25.2 Å². The Morgan fingerprint density at radius 1 is 0.833 bits per heavy atom. The molecule has 10 nitrogen and oxygen atoms in total. The number of benzene rings is 4. The van der Waals surface area contributed by atoms with Crippen LogP contribution in [0.2, 0.25) is 0 Å². The first-order chi connectivity index (χ1) is 22.9. The second-order valence-corrected chi connectivity index (χ2v) is 13.8. The number of nitrogens with one attached hydrogen (secondary N) is 3. The number of hydrogen-bond acceptors (Lipinski definition) is 7. The fourth-order valence-corrected chi connectivity index (χ4v) is 5.70. The van der Waals surface area contributed by atoms with Gasteiger partial charge in [-0.3, -0.25) is 13.9 Å². The first-order valence-electron chi connectivity index (χ1n) is 15.8. The Morgan fingerprint density at radius 3 is 2.06 bits per heavy atom. The Bertz CT molecular complexity index is 1770. The molecule has 0 aromatic heterocycles. The number of ether oxygens (including phenoxy) is 1. The molecule has 0 aliphatic carbocycles. The Morgan fingerprint density at radius 2 is 1.44 bits per heavy atom. The Kier molecular flexibility index (Phi) is 12.7. The molecule has 0 saturated heterocycles. The van der Waals surface area contributed by atoms with Crippen LogP contribution in [0.25, 0.3) is 0 Å². The van der Waals surface area contributed by atoms with Crippen LogP contribution in [0.4, 0.5) is 5.69 Å². The monoisotopic (exact) mass is 672 g/mol. The van der Waals surface area contributed by atoms with Crippen LogP contribution < -0.4 is 25.0 Å². The lowest BCUT2D eigenvalue weighted by atomic mass is 10.00. The molecule has 0 spiro atoms. The molecule has 0 radical (unpaired) electrons. The van der Waals surface area contributed by atoms with Crippen LogP contribution >= 0.6 is 0 Å². The van der Waals surface area contributed by atoms with E-state index in [4.69, 9.17) is 4.74 Å². The molecular weight excluding hydrogens is 628 g/mol. The minimum absolute atomic E-state index is 0.0803. The lowest BCUT2D eigenvalue weighted by molar-refractivity contribution is 0.0831. The molecule has 4 N–H and O–H groups in total. The van der Waals surface area contributed by atoms with Gasteiger partial charge in [-0.05, 0) is 73.3 Å². The second-order valence-electron chi connectivity index (χ2n) is 11.7. The van der Waals surface area contributed by atoms with Gasteiger partial charge in [-0.15, -0.1) is 0 Å². The number of rotatable bonds is 16. The molecule has 0 unspecified atom stereocenters. The minimum Gasteiger partial charge on any atom is -0.497 e. The third-order valence-corrected chi connectivity index (χ3v) is 9.31. The van der Waals surface area contributed by atoms with E-state index in [0.717, 1.165) is 33.0 Å². The summed E-state index contributed by atoms with van der Waals surface area (Å²) in [7, 11) is -0.723. The fourth-order valence-electron chi connectivity index (χ4n) is 5.21. The van der Waals surface area contributed by atoms with Gasteiger partial charge >= 0.3 is 0 Å². The van der Waals surface area contributed by atoms with Gasteiger partial charge in [-0.25, -0.2) is 8.42 Å². The molecule has 4 aromatic rings. The predicted molar refractivity (Wildman–Crippen MR) is 189 cm³/mol. The Labute approximate surface area is 283 Å². The van der Waals surface area contributed by atoms with E-state index in [2.05, 4.69) is 16.0 Å². The Hall–Kier alpha value is -4.71. The zero-order valence-corrected chi connectivity index (χ0v) is 28.5. The highest BCUT2D eigenvalue weighted by Gasteiger charge is 2.25. The van der Waals surface area contributed by atoms with Crippen molar-refractivity contribution in [3.8, 4) is 5.75 Å². The first kappa shape index (κ1) is 36.1. The van der Waals surface area contributed by atoms with Crippen LogP contribution in [0.15, 0.2) is 103 Å². The highest BCUT2D eigenvalue weighted by molar-refractivity contribution is 7.92. The van der Waals surface area contributed by atoms with E-state index >= 15 is 0 Å². The van der Waals surface area contributed by atoms with Crippen molar-refractivity contribution >= 4 is 27.5 Å². The van der Waals surface area contributed by atoms with Crippen LogP contribution in [-0.4, -0.2) is 71.0 Å². The van der Waals surface area contributed by atoms with Crippen molar-refractivity contribution < 1.29 is 27.9 Å². The fraction of sp³-hybridized carbons (Fsp3) is 0.297. The molecule has 11 heteroatoms. The molecular formula is C37H44N4O6S. The Balaban J connectivity index is 1.54. The number of carbonyl (C=O) groups is 2. The number of anilines is 1. The molecule has 254 valence electrons. The zero-order chi connectivity index (χ0) is 34.7. The molecule has 0 saturated carbocycles. The van der Waals surface area contributed by atoms with Crippen molar-refractivity contribution in [2.75, 3.05) is 37.8 Å². The average Bonchev–Trinajstić information content (AvgIpc) is 3.09. The maximum Gasteiger partial charge on any atom is 0.251 e. The van der Waals surface area contributed by atoms with E-state index in [-0.39, 0.29) is 29.4 Å². The number of amides is 2. The summed E-state index contributed by atoms with van der Waals surface area (Å²) in [6.45, 7) is 2.65. The van der Waals surface area contributed by atoms with Crippen LogP contribution in [-0.2, 0) is 22.9 Å². The lowest BCUT2D eigenvalue weighted by Crippen LogP contribution is -2.49. The van der Waals surface area contributed by atoms with Crippen LogP contribution in [0.1, 0.15) is 50.4 Å². The van der Waals surface area contributed by atoms with Gasteiger partial charge in [-0.2, -0.15) is 0 Å². The van der Waals surface area contributed by atoms with Crippen LogP contribution in [0, 0.1) is 0 Å². The second kappa shape index (κ2) is 16.9. The van der Waals surface area contributed by atoms with E-state index in [0.29, 0.717) is 19.4 Å². The van der Waals surface area contributed by atoms with Crippen molar-refractivity contribution in [1.29, 1.82) is 0 Å². The smallest absolute Gasteiger partial charge is 0.251 e. The molecule has 3 atom stereocenters. The maximum absolute atomic E-state index is 13.8. The van der Waals surface area contributed by atoms with Crippen molar-refractivity contribution in [2.24, 2.45) is 0 Å². The van der Waals surface area contributed by atoms with Gasteiger partial charge in [0.25, 0.3) is 11.8 Å². The molecule has 2 amide bonds. The van der Waals surface area contributed by atoms with Crippen molar-refractivity contribution in [2.45, 2.75) is 38.0 Å². The maximum atomic E-state index is 13.8. The summed E-state index contributed by atoms with van der Waals surface area (Å²) in [5, 5.41) is 20.5. The molecule has 0 aliphatic rings. The van der Waals surface area contributed by atoms with Gasteiger partial charge < -0.3 is 25.8 Å².